The van der Waals surface area contributed by atoms with E-state index in [0.717, 1.165) is 23.9 Å². The third kappa shape index (κ3) is 4.03. The Balaban J connectivity index is 1.79. The van der Waals surface area contributed by atoms with Crippen molar-refractivity contribution in [3.63, 3.8) is 0 Å². The van der Waals surface area contributed by atoms with Crippen molar-refractivity contribution in [3.05, 3.63) is 36.0 Å². The Hall–Kier alpha value is -1.42. The summed E-state index contributed by atoms with van der Waals surface area (Å²) in [5, 5.41) is 4.04. The minimum atomic E-state index is -0.0129. The first kappa shape index (κ1) is 14.0. The minimum absolute atomic E-state index is 0.0129. The monoisotopic (exact) mass is 276 g/mol. The van der Waals surface area contributed by atoms with E-state index in [-0.39, 0.29) is 5.91 Å². The van der Waals surface area contributed by atoms with Crippen LogP contribution in [0.15, 0.2) is 30.3 Å². The molecule has 0 saturated carbocycles. The van der Waals surface area contributed by atoms with E-state index in [4.69, 9.17) is 0 Å². The predicted molar refractivity (Wildman–Crippen MR) is 82.9 cm³/mol. The van der Waals surface area contributed by atoms with Gasteiger partial charge >= 0.3 is 0 Å². The van der Waals surface area contributed by atoms with Gasteiger partial charge in [0.1, 0.15) is 5.69 Å². The van der Waals surface area contributed by atoms with Crippen molar-refractivity contribution in [1.82, 2.24) is 10.3 Å². The largest absolute Gasteiger partial charge is 0.351 e. The zero-order valence-corrected chi connectivity index (χ0v) is 12.1. The molecule has 2 N–H and O–H groups in total. The highest BCUT2D eigenvalue weighted by Crippen LogP contribution is 2.14. The Kier molecular flexibility index (Phi) is 5.33. The second kappa shape index (κ2) is 7.24. The topological polar surface area (TPSA) is 44.9 Å². The average Bonchev–Trinajstić information content (AvgIpc) is 2.86. The van der Waals surface area contributed by atoms with Crippen molar-refractivity contribution in [1.29, 1.82) is 0 Å². The maximum Gasteiger partial charge on any atom is 0.267 e. The van der Waals surface area contributed by atoms with Gasteiger partial charge in [-0.2, -0.15) is 11.8 Å². The molecule has 1 amide bonds. The molecule has 2 rings (SSSR count). The Morgan fingerprint density at radius 1 is 1.26 bits per heavy atom. The quantitative estimate of drug-likeness (QED) is 0.761. The highest BCUT2D eigenvalue weighted by Gasteiger charge is 2.07. The van der Waals surface area contributed by atoms with Gasteiger partial charge in [0.15, 0.2) is 0 Å². The fourth-order valence-electron chi connectivity index (χ4n) is 2.04. The van der Waals surface area contributed by atoms with Gasteiger partial charge in [-0.05, 0) is 37.0 Å². The van der Waals surface area contributed by atoms with Gasteiger partial charge in [0, 0.05) is 17.4 Å². The number of carbonyl (C=O) groups excluding carboxylic acids is 1. The van der Waals surface area contributed by atoms with Crippen molar-refractivity contribution in [2.24, 2.45) is 0 Å². The van der Waals surface area contributed by atoms with E-state index in [9.17, 15) is 4.79 Å². The lowest BCUT2D eigenvalue weighted by Gasteiger charge is -2.03. The summed E-state index contributed by atoms with van der Waals surface area (Å²) in [5.41, 5.74) is 1.65. The van der Waals surface area contributed by atoms with Gasteiger partial charge in [-0.25, -0.2) is 0 Å². The summed E-state index contributed by atoms with van der Waals surface area (Å²) in [7, 11) is 0. The molecule has 3 nitrogen and oxygen atoms in total. The lowest BCUT2D eigenvalue weighted by Crippen LogP contribution is -2.24. The molecule has 0 aliphatic rings. The van der Waals surface area contributed by atoms with Gasteiger partial charge in [-0.3, -0.25) is 4.79 Å². The summed E-state index contributed by atoms with van der Waals surface area (Å²) >= 11 is 1.87. The number of unbranched alkanes of at least 4 members (excludes halogenated alkanes) is 2. The Labute approximate surface area is 118 Å². The number of aromatic amines is 1. The first-order valence-electron chi connectivity index (χ1n) is 6.66. The molecule has 0 bridgehead atoms. The van der Waals surface area contributed by atoms with Crippen LogP contribution in [0, 0.1) is 0 Å². The average molecular weight is 276 g/mol. The zero-order valence-electron chi connectivity index (χ0n) is 11.2. The van der Waals surface area contributed by atoms with Gasteiger partial charge in [0.2, 0.25) is 0 Å². The third-order valence-corrected chi connectivity index (χ3v) is 3.78. The lowest BCUT2D eigenvalue weighted by molar-refractivity contribution is 0.0949. The number of thioether (sulfide) groups is 1. The molecule has 0 spiro atoms. The summed E-state index contributed by atoms with van der Waals surface area (Å²) in [6.07, 6.45) is 5.57. The summed E-state index contributed by atoms with van der Waals surface area (Å²) in [5.74, 6) is 1.19. The van der Waals surface area contributed by atoms with Crippen molar-refractivity contribution >= 4 is 28.6 Å². The zero-order chi connectivity index (χ0) is 13.5. The maximum absolute atomic E-state index is 12.0. The molecular formula is C15H20N2OS. The number of aromatic nitrogens is 1. The SMILES string of the molecule is CSCCCCCNC(=O)c1cc2ccccc2[nH]1. The molecule has 0 saturated heterocycles. The molecular weight excluding hydrogens is 256 g/mol. The first-order valence-corrected chi connectivity index (χ1v) is 8.05. The molecule has 0 aliphatic heterocycles. The van der Waals surface area contributed by atoms with Crippen LogP contribution >= 0.6 is 11.8 Å². The number of para-hydroxylation sites is 1. The Morgan fingerprint density at radius 3 is 2.89 bits per heavy atom. The number of hydrogen-bond donors (Lipinski definition) is 2. The van der Waals surface area contributed by atoms with Gasteiger partial charge < -0.3 is 10.3 Å². The standard InChI is InChI=1S/C15H20N2OS/c1-19-10-6-2-5-9-16-15(18)14-11-12-7-3-4-8-13(12)17-14/h3-4,7-8,11,17H,2,5-6,9-10H2,1H3,(H,16,18). The molecule has 1 heterocycles. The van der Waals surface area contributed by atoms with Crippen molar-refractivity contribution in [2.45, 2.75) is 19.3 Å². The van der Waals surface area contributed by atoms with E-state index in [1.54, 1.807) is 0 Å². The Bertz CT molecular complexity index is 503. The normalized spacial score (nSPS) is 10.8. The molecule has 0 atom stereocenters. The summed E-state index contributed by atoms with van der Waals surface area (Å²) in [6, 6.07) is 9.83. The van der Waals surface area contributed by atoms with Gasteiger partial charge in [0.25, 0.3) is 5.91 Å². The van der Waals surface area contributed by atoms with Crippen molar-refractivity contribution in [3.8, 4) is 0 Å². The van der Waals surface area contributed by atoms with Crippen LogP contribution in [-0.2, 0) is 0 Å². The number of hydrogen-bond acceptors (Lipinski definition) is 2. The van der Waals surface area contributed by atoms with Crippen LogP contribution in [0.5, 0.6) is 0 Å². The van der Waals surface area contributed by atoms with Crippen LogP contribution in [0.25, 0.3) is 10.9 Å². The molecule has 0 radical (unpaired) electrons. The third-order valence-electron chi connectivity index (χ3n) is 3.09. The molecule has 1 aromatic carbocycles. The fourth-order valence-corrected chi connectivity index (χ4v) is 2.53. The maximum atomic E-state index is 12.0. The molecule has 19 heavy (non-hydrogen) atoms. The summed E-state index contributed by atoms with van der Waals surface area (Å²) < 4.78 is 0. The molecule has 0 aliphatic carbocycles. The molecule has 102 valence electrons. The van der Waals surface area contributed by atoms with E-state index < -0.39 is 0 Å². The highest BCUT2D eigenvalue weighted by molar-refractivity contribution is 7.98. The van der Waals surface area contributed by atoms with Gasteiger partial charge in [-0.15, -0.1) is 0 Å². The molecule has 4 heteroatoms. The molecule has 2 aromatic rings. The van der Waals surface area contributed by atoms with Crippen LogP contribution in [0.4, 0.5) is 0 Å². The van der Waals surface area contributed by atoms with Crippen molar-refractivity contribution < 1.29 is 4.79 Å². The van der Waals surface area contributed by atoms with Gasteiger partial charge in [0.05, 0.1) is 0 Å². The van der Waals surface area contributed by atoms with Crippen molar-refractivity contribution in [2.75, 3.05) is 18.6 Å². The van der Waals surface area contributed by atoms with E-state index in [2.05, 4.69) is 16.6 Å². The molecule has 0 unspecified atom stereocenters. The van der Waals surface area contributed by atoms with E-state index in [1.165, 1.54) is 18.6 Å². The van der Waals surface area contributed by atoms with Crippen LogP contribution in [0.3, 0.4) is 0 Å². The van der Waals surface area contributed by atoms with E-state index in [1.807, 2.05) is 42.1 Å². The minimum Gasteiger partial charge on any atom is -0.351 e. The number of carbonyl (C=O) groups is 1. The van der Waals surface area contributed by atoms with Crippen LogP contribution in [0.2, 0.25) is 0 Å². The number of amides is 1. The first-order chi connectivity index (χ1) is 9.31. The van der Waals surface area contributed by atoms with Crippen LogP contribution < -0.4 is 5.32 Å². The summed E-state index contributed by atoms with van der Waals surface area (Å²) in [4.78, 5) is 15.1. The number of nitrogens with one attached hydrogen (secondary N) is 2. The van der Waals surface area contributed by atoms with Gasteiger partial charge in [-0.1, -0.05) is 24.6 Å². The van der Waals surface area contributed by atoms with E-state index >= 15 is 0 Å². The molecule has 1 aromatic heterocycles. The second-order valence-corrected chi connectivity index (χ2v) is 5.57. The molecule has 0 fully saturated rings. The number of benzene rings is 1. The van der Waals surface area contributed by atoms with E-state index in [0.29, 0.717) is 5.69 Å². The fraction of sp³-hybridized carbons (Fsp3) is 0.400. The van der Waals surface area contributed by atoms with Crippen LogP contribution in [0.1, 0.15) is 29.8 Å². The van der Waals surface area contributed by atoms with Crippen LogP contribution in [-0.4, -0.2) is 29.4 Å². The number of H-pyrrole nitrogens is 1. The Morgan fingerprint density at radius 2 is 2.11 bits per heavy atom. The second-order valence-electron chi connectivity index (χ2n) is 4.58. The smallest absolute Gasteiger partial charge is 0.267 e. The number of fused-ring (bicyclic) bond motifs is 1. The summed E-state index contributed by atoms with van der Waals surface area (Å²) in [6.45, 7) is 0.753. The predicted octanol–water partition coefficient (Wildman–Crippen LogP) is 3.43. The lowest BCUT2D eigenvalue weighted by atomic mass is 10.2. The number of rotatable bonds is 7. The highest BCUT2D eigenvalue weighted by atomic mass is 32.2.